The molecule has 0 saturated heterocycles. The van der Waals surface area contributed by atoms with Crippen molar-refractivity contribution in [2.75, 3.05) is 0 Å². The lowest BCUT2D eigenvalue weighted by Crippen LogP contribution is -2.14. The Bertz CT molecular complexity index is 620. The third-order valence-corrected chi connectivity index (χ3v) is 3.53. The molecule has 0 fully saturated rings. The van der Waals surface area contributed by atoms with Crippen LogP contribution in [0.4, 0.5) is 0 Å². The van der Waals surface area contributed by atoms with Crippen LogP contribution in [-0.2, 0) is 11.2 Å². The van der Waals surface area contributed by atoms with Gasteiger partial charge >= 0.3 is 5.97 Å². The zero-order valence-electron chi connectivity index (χ0n) is 11.0. The predicted molar refractivity (Wildman–Crippen MR) is 78.4 cm³/mol. The molecule has 0 amide bonds. The van der Waals surface area contributed by atoms with Crippen molar-refractivity contribution in [1.29, 1.82) is 0 Å². The molecule has 2 aromatic rings. The van der Waals surface area contributed by atoms with Gasteiger partial charge < -0.3 is 10.2 Å². The molecule has 2 rings (SSSR count). The van der Waals surface area contributed by atoms with Gasteiger partial charge in [0.25, 0.3) is 0 Å². The highest BCUT2D eigenvalue weighted by Crippen LogP contribution is 2.27. The van der Waals surface area contributed by atoms with Gasteiger partial charge in [-0.2, -0.15) is 0 Å². The number of carboxylic acid groups (broad SMARTS) is 1. The molecule has 0 heterocycles. The standard InChI is InChI=1S/C16H15ClO3/c1-10-2-5-12(6-3-10)13(16(19)20)8-11-4-7-15(18)14(17)9-11/h2-7,9,13,18H,8H2,1H3,(H,19,20). The minimum absolute atomic E-state index is 0.00220. The van der Waals surface area contributed by atoms with Gasteiger partial charge in [0, 0.05) is 0 Å². The first-order valence-corrected chi connectivity index (χ1v) is 6.62. The van der Waals surface area contributed by atoms with E-state index in [2.05, 4.69) is 0 Å². The fourth-order valence-electron chi connectivity index (χ4n) is 2.06. The summed E-state index contributed by atoms with van der Waals surface area (Å²) in [5.41, 5.74) is 2.62. The summed E-state index contributed by atoms with van der Waals surface area (Å²) in [5.74, 6) is -1.51. The molecule has 2 aromatic carbocycles. The van der Waals surface area contributed by atoms with Crippen LogP contribution in [0.15, 0.2) is 42.5 Å². The van der Waals surface area contributed by atoms with E-state index >= 15 is 0 Å². The molecule has 1 unspecified atom stereocenters. The molecule has 0 radical (unpaired) electrons. The average molecular weight is 291 g/mol. The number of phenolic OH excluding ortho intramolecular Hbond substituents is 1. The molecule has 0 saturated carbocycles. The highest BCUT2D eigenvalue weighted by atomic mass is 35.5. The second-order valence-electron chi connectivity index (χ2n) is 4.79. The number of aryl methyl sites for hydroxylation is 1. The van der Waals surface area contributed by atoms with Gasteiger partial charge in [-0.3, -0.25) is 4.79 Å². The van der Waals surface area contributed by atoms with Gasteiger partial charge in [0.05, 0.1) is 10.9 Å². The Balaban J connectivity index is 2.27. The molecule has 0 aliphatic rings. The van der Waals surface area contributed by atoms with Crippen LogP contribution in [0.1, 0.15) is 22.6 Å². The van der Waals surface area contributed by atoms with Gasteiger partial charge in [0.1, 0.15) is 5.75 Å². The van der Waals surface area contributed by atoms with E-state index < -0.39 is 11.9 Å². The molecule has 0 spiro atoms. The summed E-state index contributed by atoms with van der Waals surface area (Å²) in [4.78, 5) is 11.5. The van der Waals surface area contributed by atoms with E-state index in [9.17, 15) is 15.0 Å². The highest BCUT2D eigenvalue weighted by molar-refractivity contribution is 6.32. The minimum atomic E-state index is -0.877. The first kappa shape index (κ1) is 14.4. The molecule has 1 atom stereocenters. The van der Waals surface area contributed by atoms with Crippen molar-refractivity contribution in [3.05, 3.63) is 64.2 Å². The Morgan fingerprint density at radius 3 is 2.40 bits per heavy atom. The summed E-state index contributed by atoms with van der Waals surface area (Å²) in [5, 5.41) is 19.0. The topological polar surface area (TPSA) is 57.5 Å². The van der Waals surface area contributed by atoms with Gasteiger partial charge in [-0.1, -0.05) is 47.5 Å². The van der Waals surface area contributed by atoms with E-state index in [1.54, 1.807) is 12.1 Å². The summed E-state index contributed by atoms with van der Waals surface area (Å²) < 4.78 is 0. The summed E-state index contributed by atoms with van der Waals surface area (Å²) in [6.45, 7) is 1.96. The lowest BCUT2D eigenvalue weighted by Gasteiger charge is -2.13. The molecular formula is C16H15ClO3. The number of rotatable bonds is 4. The second kappa shape index (κ2) is 5.97. The van der Waals surface area contributed by atoms with Gasteiger partial charge in [-0.05, 0) is 36.6 Å². The van der Waals surface area contributed by atoms with Crippen LogP contribution < -0.4 is 0 Å². The molecule has 4 heteroatoms. The van der Waals surface area contributed by atoms with E-state index in [-0.39, 0.29) is 10.8 Å². The maximum Gasteiger partial charge on any atom is 0.311 e. The molecule has 0 bridgehead atoms. The Labute approximate surface area is 122 Å². The van der Waals surface area contributed by atoms with Gasteiger partial charge in [-0.15, -0.1) is 0 Å². The molecule has 0 aliphatic heterocycles. The maximum absolute atomic E-state index is 11.5. The van der Waals surface area contributed by atoms with Gasteiger partial charge in [-0.25, -0.2) is 0 Å². The molecular weight excluding hydrogens is 276 g/mol. The zero-order chi connectivity index (χ0) is 14.7. The monoisotopic (exact) mass is 290 g/mol. The molecule has 0 aromatic heterocycles. The van der Waals surface area contributed by atoms with Crippen molar-refractivity contribution in [3.8, 4) is 5.75 Å². The van der Waals surface area contributed by atoms with Crippen LogP contribution in [0.3, 0.4) is 0 Å². The van der Waals surface area contributed by atoms with Crippen molar-refractivity contribution in [2.24, 2.45) is 0 Å². The Morgan fingerprint density at radius 2 is 1.85 bits per heavy atom. The lowest BCUT2D eigenvalue weighted by molar-refractivity contribution is -0.138. The van der Waals surface area contributed by atoms with Crippen molar-refractivity contribution in [1.82, 2.24) is 0 Å². The average Bonchev–Trinajstić information content (AvgIpc) is 2.41. The SMILES string of the molecule is Cc1ccc(C(Cc2ccc(O)c(Cl)c2)C(=O)O)cc1. The van der Waals surface area contributed by atoms with E-state index in [0.717, 1.165) is 16.7 Å². The van der Waals surface area contributed by atoms with E-state index in [1.807, 2.05) is 31.2 Å². The fourth-order valence-corrected chi connectivity index (χ4v) is 2.26. The van der Waals surface area contributed by atoms with Crippen molar-refractivity contribution in [3.63, 3.8) is 0 Å². The molecule has 104 valence electrons. The summed E-state index contributed by atoms with van der Waals surface area (Å²) in [6.07, 6.45) is 0.332. The number of phenols is 1. The number of carbonyl (C=O) groups is 1. The van der Waals surface area contributed by atoms with E-state index in [4.69, 9.17) is 11.6 Å². The van der Waals surface area contributed by atoms with Crippen LogP contribution in [0.5, 0.6) is 5.75 Å². The lowest BCUT2D eigenvalue weighted by atomic mass is 9.91. The van der Waals surface area contributed by atoms with Crippen molar-refractivity contribution in [2.45, 2.75) is 19.3 Å². The Kier molecular flexibility index (Phi) is 4.30. The quantitative estimate of drug-likeness (QED) is 0.901. The van der Waals surface area contributed by atoms with Crippen LogP contribution in [-0.4, -0.2) is 16.2 Å². The number of benzene rings is 2. The zero-order valence-corrected chi connectivity index (χ0v) is 11.8. The molecule has 3 nitrogen and oxygen atoms in total. The first-order chi connectivity index (χ1) is 9.47. The summed E-state index contributed by atoms with van der Waals surface area (Å²) in [7, 11) is 0. The second-order valence-corrected chi connectivity index (χ2v) is 5.20. The molecule has 20 heavy (non-hydrogen) atoms. The highest BCUT2D eigenvalue weighted by Gasteiger charge is 2.20. The van der Waals surface area contributed by atoms with Gasteiger partial charge in [0.2, 0.25) is 0 Å². The van der Waals surface area contributed by atoms with Crippen LogP contribution >= 0.6 is 11.6 Å². The van der Waals surface area contributed by atoms with Crippen molar-refractivity contribution < 1.29 is 15.0 Å². The number of hydrogen-bond donors (Lipinski definition) is 2. The maximum atomic E-state index is 11.5. The Hall–Kier alpha value is -2.00. The third-order valence-electron chi connectivity index (χ3n) is 3.23. The van der Waals surface area contributed by atoms with Gasteiger partial charge in [0.15, 0.2) is 0 Å². The first-order valence-electron chi connectivity index (χ1n) is 6.24. The van der Waals surface area contributed by atoms with Crippen LogP contribution in [0.2, 0.25) is 5.02 Å². The Morgan fingerprint density at radius 1 is 1.20 bits per heavy atom. The summed E-state index contributed by atoms with van der Waals surface area (Å²) in [6, 6.07) is 12.2. The number of hydrogen-bond acceptors (Lipinski definition) is 2. The molecule has 2 N–H and O–H groups in total. The number of aliphatic carboxylic acids is 1. The fraction of sp³-hybridized carbons (Fsp3) is 0.188. The summed E-state index contributed by atoms with van der Waals surface area (Å²) >= 11 is 5.85. The predicted octanol–water partition coefficient (Wildman–Crippen LogP) is 3.76. The van der Waals surface area contributed by atoms with Crippen molar-refractivity contribution >= 4 is 17.6 Å². The van der Waals surface area contributed by atoms with E-state index in [1.165, 1.54) is 6.07 Å². The third kappa shape index (κ3) is 3.31. The largest absolute Gasteiger partial charge is 0.506 e. The smallest absolute Gasteiger partial charge is 0.311 e. The minimum Gasteiger partial charge on any atom is -0.506 e. The van der Waals surface area contributed by atoms with Crippen LogP contribution in [0.25, 0.3) is 0 Å². The molecule has 0 aliphatic carbocycles. The number of aromatic hydroxyl groups is 1. The number of halogens is 1. The van der Waals surface area contributed by atoms with E-state index in [0.29, 0.717) is 6.42 Å². The van der Waals surface area contributed by atoms with Crippen LogP contribution in [0, 0.1) is 6.92 Å². The number of carboxylic acids is 1. The normalized spacial score (nSPS) is 12.1.